The molecule has 3 aromatic heterocycles. The number of nitrogens with zero attached hydrogens (tertiary/aromatic N) is 6. The van der Waals surface area contributed by atoms with Crippen molar-refractivity contribution in [1.29, 1.82) is 0 Å². The van der Waals surface area contributed by atoms with Crippen LogP contribution in [0.5, 0.6) is 0 Å². The van der Waals surface area contributed by atoms with Gasteiger partial charge in [-0.25, -0.2) is 9.67 Å². The average Bonchev–Trinajstić information content (AvgIpc) is 3.24. The third-order valence-electron chi connectivity index (χ3n) is 6.82. The van der Waals surface area contributed by atoms with Crippen LogP contribution < -0.4 is 5.32 Å². The third-order valence-corrected chi connectivity index (χ3v) is 7.73. The molecule has 2 aliphatic rings. The summed E-state index contributed by atoms with van der Waals surface area (Å²) in [7, 11) is 0. The smallest absolute Gasteiger partial charge is 0.248 e. The lowest BCUT2D eigenvalue weighted by Gasteiger charge is -2.34. The van der Waals surface area contributed by atoms with Gasteiger partial charge in [-0.15, -0.1) is 16.4 Å². The predicted octanol–water partition coefficient (Wildman–Crippen LogP) is 2.58. The maximum Gasteiger partial charge on any atom is 0.248 e. The van der Waals surface area contributed by atoms with Gasteiger partial charge in [-0.2, -0.15) is 0 Å². The summed E-state index contributed by atoms with van der Waals surface area (Å²) in [6.45, 7) is 6.43. The van der Waals surface area contributed by atoms with Crippen LogP contribution in [-0.2, 0) is 16.0 Å². The molecule has 5 rings (SSSR count). The molecule has 3 atom stereocenters. The summed E-state index contributed by atoms with van der Waals surface area (Å²) in [5.41, 5.74) is 2.07. The molecule has 3 aromatic rings. The highest BCUT2D eigenvalue weighted by Gasteiger charge is 2.45. The van der Waals surface area contributed by atoms with Crippen LogP contribution in [0.25, 0.3) is 11.4 Å². The molecule has 0 radical (unpaired) electrons. The van der Waals surface area contributed by atoms with Crippen LogP contribution in [0.3, 0.4) is 0 Å². The van der Waals surface area contributed by atoms with Gasteiger partial charge in [-0.1, -0.05) is 32.1 Å². The molecule has 1 saturated heterocycles. The number of rotatable bonds is 8. The number of thiazole rings is 1. The van der Waals surface area contributed by atoms with Gasteiger partial charge in [0.1, 0.15) is 12.1 Å². The van der Waals surface area contributed by atoms with Crippen LogP contribution in [-0.4, -0.2) is 72.0 Å². The number of amides is 2. The Morgan fingerprint density at radius 1 is 1.24 bits per heavy atom. The molecule has 1 aliphatic carbocycles. The highest BCUT2D eigenvalue weighted by Crippen LogP contribution is 2.40. The second-order valence-corrected chi connectivity index (χ2v) is 11.9. The number of aliphatic hydroxyl groups is 1. The lowest BCUT2D eigenvalue weighted by Crippen LogP contribution is -2.50. The van der Waals surface area contributed by atoms with E-state index in [1.165, 1.54) is 16.2 Å². The zero-order valence-electron chi connectivity index (χ0n) is 21.4. The van der Waals surface area contributed by atoms with Crippen molar-refractivity contribution in [2.24, 2.45) is 5.41 Å². The number of aliphatic hydroxyl groups excluding tert-OH is 1. The average molecular weight is 524 g/mol. The van der Waals surface area contributed by atoms with Crippen molar-refractivity contribution in [2.75, 3.05) is 13.1 Å². The monoisotopic (exact) mass is 523 g/mol. The Morgan fingerprint density at radius 3 is 2.76 bits per heavy atom. The zero-order valence-corrected chi connectivity index (χ0v) is 22.2. The van der Waals surface area contributed by atoms with Gasteiger partial charge in [-0.05, 0) is 30.4 Å². The van der Waals surface area contributed by atoms with Gasteiger partial charge in [0.15, 0.2) is 0 Å². The molecular weight excluding hydrogens is 490 g/mol. The SMILES string of the molecule is CC(C)(C)[C@@H](C(=O)N1C[C@H](O)C[C@H]1C(=O)NCCc1nc(-c2ccccn2)cs1)n1cc(C2CC2)nn1. The van der Waals surface area contributed by atoms with Crippen LogP contribution in [0, 0.1) is 5.41 Å². The topological polar surface area (TPSA) is 126 Å². The molecule has 2 amide bonds. The molecule has 1 aliphatic heterocycles. The number of carbonyl (C=O) groups excluding carboxylic acids is 2. The van der Waals surface area contributed by atoms with E-state index in [0.717, 1.165) is 34.9 Å². The molecule has 2 N–H and O–H groups in total. The normalized spacial score (nSPS) is 20.7. The fraction of sp³-hybridized carbons (Fsp3) is 0.538. The number of β-amino-alcohol motifs (C(OH)–C–C–N with tert-alkyl or cyclic N) is 1. The summed E-state index contributed by atoms with van der Waals surface area (Å²) in [5, 5.41) is 24.8. The first-order valence-electron chi connectivity index (χ1n) is 12.7. The number of hydrogen-bond donors (Lipinski definition) is 2. The third kappa shape index (κ3) is 5.72. The van der Waals surface area contributed by atoms with E-state index >= 15 is 0 Å². The minimum absolute atomic E-state index is 0.119. The van der Waals surface area contributed by atoms with Gasteiger partial charge in [0.25, 0.3) is 0 Å². The second kappa shape index (κ2) is 10.3. The Morgan fingerprint density at radius 2 is 2.05 bits per heavy atom. The van der Waals surface area contributed by atoms with Gasteiger partial charge >= 0.3 is 0 Å². The summed E-state index contributed by atoms with van der Waals surface area (Å²) in [4.78, 5) is 37.4. The van der Waals surface area contributed by atoms with Crippen LogP contribution in [0.15, 0.2) is 36.0 Å². The van der Waals surface area contributed by atoms with E-state index < -0.39 is 23.6 Å². The van der Waals surface area contributed by atoms with Crippen molar-refractivity contribution < 1.29 is 14.7 Å². The molecule has 11 heteroatoms. The molecule has 4 heterocycles. The summed E-state index contributed by atoms with van der Waals surface area (Å²) in [5.74, 6) is -0.0674. The Bertz CT molecular complexity index is 1250. The summed E-state index contributed by atoms with van der Waals surface area (Å²) >= 11 is 1.52. The number of carbonyl (C=O) groups is 2. The van der Waals surface area contributed by atoms with E-state index in [9.17, 15) is 14.7 Å². The zero-order chi connectivity index (χ0) is 26.2. The van der Waals surface area contributed by atoms with Crippen molar-refractivity contribution >= 4 is 23.2 Å². The second-order valence-electron chi connectivity index (χ2n) is 10.9. The Hall–Kier alpha value is -3.18. The minimum atomic E-state index is -0.752. The first kappa shape index (κ1) is 25.5. The van der Waals surface area contributed by atoms with Crippen LogP contribution in [0.1, 0.15) is 62.7 Å². The number of hydrogen-bond acceptors (Lipinski definition) is 8. The van der Waals surface area contributed by atoms with Crippen molar-refractivity contribution in [3.8, 4) is 11.4 Å². The molecule has 37 heavy (non-hydrogen) atoms. The van der Waals surface area contributed by atoms with Crippen molar-refractivity contribution in [1.82, 2.24) is 35.2 Å². The van der Waals surface area contributed by atoms with Gasteiger partial charge in [-0.3, -0.25) is 14.6 Å². The molecule has 196 valence electrons. The summed E-state index contributed by atoms with van der Waals surface area (Å²) < 4.78 is 1.64. The van der Waals surface area contributed by atoms with Crippen molar-refractivity contribution in [2.45, 2.75) is 70.6 Å². The molecule has 0 unspecified atom stereocenters. The fourth-order valence-corrected chi connectivity index (χ4v) is 5.59. The van der Waals surface area contributed by atoms with Crippen molar-refractivity contribution in [3.63, 3.8) is 0 Å². The predicted molar refractivity (Wildman–Crippen MR) is 139 cm³/mol. The van der Waals surface area contributed by atoms with E-state index in [0.29, 0.717) is 18.9 Å². The molecular formula is C26H33N7O3S. The molecule has 0 bridgehead atoms. The summed E-state index contributed by atoms with van der Waals surface area (Å²) in [6.07, 6.45) is 5.81. The lowest BCUT2D eigenvalue weighted by atomic mass is 9.85. The number of likely N-dealkylation sites (tertiary alicyclic amines) is 1. The molecule has 0 spiro atoms. The highest BCUT2D eigenvalue weighted by molar-refractivity contribution is 7.09. The molecule has 1 saturated carbocycles. The van der Waals surface area contributed by atoms with E-state index in [2.05, 4.69) is 25.6 Å². The van der Waals surface area contributed by atoms with Crippen LogP contribution in [0.4, 0.5) is 0 Å². The Balaban J connectivity index is 1.23. The standard InChI is InChI=1S/C26H33N7O3S/c1-26(2,3)23(33-14-19(30-31-33)16-7-8-16)25(36)32-13-17(34)12-21(32)24(35)28-11-9-22-29-20(15-37-22)18-6-4-5-10-27-18/h4-6,10,14-17,21,23,34H,7-9,11-13H2,1-3H3,(H,28,35)/t17-,21+,23-/m1/s1. The molecule has 2 fully saturated rings. The number of pyridine rings is 1. The fourth-order valence-electron chi connectivity index (χ4n) is 4.79. The number of nitrogens with one attached hydrogen (secondary N) is 1. The first-order chi connectivity index (χ1) is 17.7. The molecule has 0 aromatic carbocycles. The maximum atomic E-state index is 13.8. The Kier molecular flexibility index (Phi) is 7.09. The van der Waals surface area contributed by atoms with E-state index in [4.69, 9.17) is 0 Å². The lowest BCUT2D eigenvalue weighted by molar-refractivity contribution is -0.144. The largest absolute Gasteiger partial charge is 0.391 e. The maximum absolute atomic E-state index is 13.8. The quantitative estimate of drug-likeness (QED) is 0.465. The van der Waals surface area contributed by atoms with Crippen LogP contribution in [0.2, 0.25) is 0 Å². The summed E-state index contributed by atoms with van der Waals surface area (Å²) in [6, 6.07) is 4.33. The van der Waals surface area contributed by atoms with Gasteiger partial charge in [0.05, 0.1) is 28.2 Å². The van der Waals surface area contributed by atoms with Gasteiger partial charge in [0.2, 0.25) is 11.8 Å². The van der Waals surface area contributed by atoms with Crippen LogP contribution >= 0.6 is 11.3 Å². The Labute approximate surface area is 220 Å². The van der Waals surface area contributed by atoms with E-state index in [1.807, 2.05) is 50.5 Å². The highest BCUT2D eigenvalue weighted by atomic mass is 32.1. The molecule has 10 nitrogen and oxygen atoms in total. The first-order valence-corrected chi connectivity index (χ1v) is 13.6. The van der Waals surface area contributed by atoms with E-state index in [-0.39, 0.29) is 24.8 Å². The minimum Gasteiger partial charge on any atom is -0.391 e. The van der Waals surface area contributed by atoms with Crippen molar-refractivity contribution in [3.05, 3.63) is 46.7 Å². The van der Waals surface area contributed by atoms with E-state index in [1.54, 1.807) is 10.9 Å². The van der Waals surface area contributed by atoms with Gasteiger partial charge in [0, 0.05) is 49.6 Å². The van der Waals surface area contributed by atoms with Gasteiger partial charge < -0.3 is 15.3 Å². The number of aromatic nitrogens is 5.